The molecule has 1 heterocycles. The molecule has 5 N–H and O–H groups in total. The van der Waals surface area contributed by atoms with Crippen LogP contribution in [0.3, 0.4) is 0 Å². The van der Waals surface area contributed by atoms with Crippen LogP contribution < -0.4 is 26.8 Å². The van der Waals surface area contributed by atoms with Crippen LogP contribution in [0.4, 0.5) is 20.2 Å². The van der Waals surface area contributed by atoms with Crippen molar-refractivity contribution in [3.8, 4) is 0 Å². The molecule has 142 valence electrons. The number of nitrogens with two attached hydrogens (primary N) is 2. The number of benzene rings is 1. The number of carbonyl (C=O) groups excluding carboxylic acids is 1. The Morgan fingerprint density at radius 1 is 1.46 bits per heavy atom. The summed E-state index contributed by atoms with van der Waals surface area (Å²) in [4.78, 5) is 14.5. The third kappa shape index (κ3) is 4.56. The molecule has 1 aliphatic heterocycles. The molecule has 1 aromatic carbocycles. The van der Waals surface area contributed by atoms with Gasteiger partial charge in [0.1, 0.15) is 12.4 Å². The number of nitrogens with one attached hydrogen (secondary N) is 1. The minimum absolute atomic E-state index is 0.0301. The Kier molecular flexibility index (Phi) is 6.66. The van der Waals surface area contributed by atoms with E-state index in [0.717, 1.165) is 17.1 Å². The molecule has 0 unspecified atom stereocenters. The summed E-state index contributed by atoms with van der Waals surface area (Å²) in [5.74, 6) is 3.82. The zero-order valence-corrected chi connectivity index (χ0v) is 14.9. The molecule has 0 spiro atoms. The van der Waals surface area contributed by atoms with Gasteiger partial charge in [-0.15, -0.1) is 0 Å². The molecule has 26 heavy (non-hydrogen) atoms. The first-order chi connectivity index (χ1) is 12.4. The third-order valence-corrected chi connectivity index (χ3v) is 3.78. The van der Waals surface area contributed by atoms with Gasteiger partial charge in [0.15, 0.2) is 11.6 Å². The Hall–Kier alpha value is -2.50. The Balaban J connectivity index is 2.20. The SMILES string of the molecule is COCN1CN(c2c(F)cc(N(N)/C=C(\N)CNC=S)cc2F)CC1=O. The van der Waals surface area contributed by atoms with Crippen LogP contribution in [0.5, 0.6) is 0 Å². The summed E-state index contributed by atoms with van der Waals surface area (Å²) in [6, 6.07) is 2.14. The average Bonchev–Trinajstić information content (AvgIpc) is 2.93. The fraction of sp³-hybridized carbons (Fsp3) is 0.333. The number of methoxy groups -OCH3 is 1. The fourth-order valence-corrected chi connectivity index (χ4v) is 2.56. The van der Waals surface area contributed by atoms with Gasteiger partial charge in [0.05, 0.1) is 30.9 Å². The zero-order chi connectivity index (χ0) is 19.3. The van der Waals surface area contributed by atoms with E-state index in [1.54, 1.807) is 0 Å². The van der Waals surface area contributed by atoms with E-state index in [0.29, 0.717) is 5.70 Å². The zero-order valence-electron chi connectivity index (χ0n) is 14.1. The van der Waals surface area contributed by atoms with Crippen molar-refractivity contribution in [3.63, 3.8) is 0 Å². The number of amides is 1. The van der Waals surface area contributed by atoms with Gasteiger partial charge in [-0.25, -0.2) is 14.6 Å². The molecule has 1 fully saturated rings. The molecular weight excluding hydrogens is 366 g/mol. The predicted octanol–water partition coefficient (Wildman–Crippen LogP) is 0.202. The van der Waals surface area contributed by atoms with Crippen molar-refractivity contribution in [3.05, 3.63) is 35.7 Å². The standard InChI is InChI=1S/C15H20F2N6O2S/c1-25-9-22-8-21(6-14(22)24)15-12(16)2-11(3-13(15)17)23(19)5-10(18)4-20-7-26/h2-3,5,7H,4,6,8-9,18-19H2,1H3,(H,20,26)/b10-5-. The van der Waals surface area contributed by atoms with Crippen molar-refractivity contribution in [2.24, 2.45) is 11.6 Å². The van der Waals surface area contributed by atoms with Crippen LogP contribution in [-0.2, 0) is 9.53 Å². The number of hydrogen-bond donors (Lipinski definition) is 3. The smallest absolute Gasteiger partial charge is 0.245 e. The molecule has 11 heteroatoms. The minimum atomic E-state index is -0.841. The van der Waals surface area contributed by atoms with Crippen LogP contribution in [0.2, 0.25) is 0 Å². The summed E-state index contributed by atoms with van der Waals surface area (Å²) in [5, 5.41) is 3.71. The van der Waals surface area contributed by atoms with Crippen LogP contribution >= 0.6 is 12.2 Å². The molecule has 0 radical (unpaired) electrons. The van der Waals surface area contributed by atoms with E-state index in [-0.39, 0.29) is 43.8 Å². The van der Waals surface area contributed by atoms with Crippen molar-refractivity contribution in [2.75, 3.05) is 43.5 Å². The number of rotatable bonds is 8. The number of halogens is 2. The highest BCUT2D eigenvalue weighted by molar-refractivity contribution is 7.78. The average molecular weight is 386 g/mol. The van der Waals surface area contributed by atoms with E-state index >= 15 is 0 Å². The highest BCUT2D eigenvalue weighted by Gasteiger charge is 2.31. The maximum Gasteiger partial charge on any atom is 0.245 e. The minimum Gasteiger partial charge on any atom is -0.399 e. The lowest BCUT2D eigenvalue weighted by Crippen LogP contribution is -2.30. The summed E-state index contributed by atoms with van der Waals surface area (Å²) in [5.41, 5.74) is 7.10. The molecular formula is C15H20F2N6O2S. The van der Waals surface area contributed by atoms with Gasteiger partial charge in [-0.3, -0.25) is 9.80 Å². The van der Waals surface area contributed by atoms with E-state index in [9.17, 15) is 13.6 Å². The quantitative estimate of drug-likeness (QED) is 0.331. The number of hydrogen-bond acceptors (Lipinski definition) is 7. The van der Waals surface area contributed by atoms with Gasteiger partial charge in [0.25, 0.3) is 0 Å². The normalized spacial score (nSPS) is 14.8. The topological polar surface area (TPSA) is 100 Å². The molecule has 1 saturated heterocycles. The molecule has 0 aromatic heterocycles. The van der Waals surface area contributed by atoms with E-state index in [4.69, 9.17) is 16.3 Å². The largest absolute Gasteiger partial charge is 0.399 e. The highest BCUT2D eigenvalue weighted by Crippen LogP contribution is 2.30. The predicted molar refractivity (Wildman–Crippen MR) is 97.9 cm³/mol. The van der Waals surface area contributed by atoms with Crippen LogP contribution in [0.1, 0.15) is 0 Å². The molecule has 8 nitrogen and oxygen atoms in total. The summed E-state index contributed by atoms with van der Waals surface area (Å²) in [6.45, 7) is 0.180. The van der Waals surface area contributed by atoms with Crippen molar-refractivity contribution < 1.29 is 18.3 Å². The maximum atomic E-state index is 14.5. The molecule has 0 bridgehead atoms. The molecule has 1 aliphatic rings. The Morgan fingerprint density at radius 2 is 2.12 bits per heavy atom. The third-order valence-electron chi connectivity index (χ3n) is 3.62. The summed E-state index contributed by atoms with van der Waals surface area (Å²) < 4.78 is 33.9. The number of nitrogens with zero attached hydrogens (tertiary/aromatic N) is 3. The Morgan fingerprint density at radius 3 is 2.69 bits per heavy atom. The molecule has 0 aliphatic carbocycles. The van der Waals surface area contributed by atoms with Crippen LogP contribution in [0.15, 0.2) is 24.0 Å². The second kappa shape index (κ2) is 8.74. The summed E-state index contributed by atoms with van der Waals surface area (Å²) in [7, 11) is 1.43. The van der Waals surface area contributed by atoms with Crippen molar-refractivity contribution >= 4 is 35.0 Å². The number of ether oxygens (including phenoxy) is 1. The fourth-order valence-electron chi connectivity index (χ4n) is 2.48. The lowest BCUT2D eigenvalue weighted by molar-refractivity contribution is -0.130. The first-order valence-electron chi connectivity index (χ1n) is 7.55. The van der Waals surface area contributed by atoms with Gasteiger partial charge < -0.3 is 25.6 Å². The molecule has 2 rings (SSSR count). The second-order valence-corrected chi connectivity index (χ2v) is 5.79. The maximum absolute atomic E-state index is 14.5. The van der Waals surface area contributed by atoms with Gasteiger partial charge >= 0.3 is 0 Å². The number of thiocarbonyl (C=S) groups is 1. The van der Waals surface area contributed by atoms with Crippen molar-refractivity contribution in [1.29, 1.82) is 0 Å². The van der Waals surface area contributed by atoms with Gasteiger partial charge in [0.2, 0.25) is 5.91 Å². The number of hydrazine groups is 1. The number of carbonyl (C=O) groups is 1. The van der Waals surface area contributed by atoms with Gasteiger partial charge in [-0.05, 0) is 0 Å². The van der Waals surface area contributed by atoms with Gasteiger partial charge in [-0.1, -0.05) is 12.2 Å². The lowest BCUT2D eigenvalue weighted by atomic mass is 10.2. The highest BCUT2D eigenvalue weighted by atomic mass is 32.1. The molecule has 1 amide bonds. The van der Waals surface area contributed by atoms with E-state index in [2.05, 4.69) is 17.5 Å². The van der Waals surface area contributed by atoms with Gasteiger partial charge in [0, 0.05) is 31.1 Å². The van der Waals surface area contributed by atoms with Crippen LogP contribution in [-0.4, -0.2) is 49.9 Å². The van der Waals surface area contributed by atoms with E-state index in [1.807, 2.05) is 0 Å². The molecule has 1 aromatic rings. The van der Waals surface area contributed by atoms with E-state index in [1.165, 1.54) is 28.6 Å². The van der Waals surface area contributed by atoms with Crippen molar-refractivity contribution in [2.45, 2.75) is 0 Å². The monoisotopic (exact) mass is 386 g/mol. The first-order valence-corrected chi connectivity index (χ1v) is 8.02. The second-order valence-electron chi connectivity index (χ2n) is 5.56. The lowest BCUT2D eigenvalue weighted by Gasteiger charge is -2.22. The van der Waals surface area contributed by atoms with Gasteiger partial charge in [-0.2, -0.15) is 0 Å². The molecule has 0 atom stereocenters. The molecule has 0 saturated carbocycles. The number of anilines is 2. The summed E-state index contributed by atoms with van der Waals surface area (Å²) in [6.07, 6.45) is 1.32. The van der Waals surface area contributed by atoms with Crippen LogP contribution in [0, 0.1) is 11.6 Å². The van der Waals surface area contributed by atoms with Crippen LogP contribution in [0.25, 0.3) is 0 Å². The van der Waals surface area contributed by atoms with Crippen molar-refractivity contribution in [1.82, 2.24) is 10.2 Å². The summed E-state index contributed by atoms with van der Waals surface area (Å²) >= 11 is 4.61. The Bertz CT molecular complexity index is 694. The Labute approximate surface area is 154 Å². The first kappa shape index (κ1) is 19.8. The van der Waals surface area contributed by atoms with E-state index < -0.39 is 11.6 Å².